The van der Waals surface area contributed by atoms with E-state index in [-0.39, 0.29) is 0 Å². The van der Waals surface area contributed by atoms with Gasteiger partial charge in [-0.3, -0.25) is 4.90 Å². The van der Waals surface area contributed by atoms with Crippen molar-refractivity contribution in [2.75, 3.05) is 37.7 Å². The molecule has 0 aliphatic carbocycles. The molecule has 0 N–H and O–H groups in total. The summed E-state index contributed by atoms with van der Waals surface area (Å²) in [5.41, 5.74) is 4.97. The normalized spacial score (nSPS) is 18.3. The van der Waals surface area contributed by atoms with Crippen LogP contribution in [0.2, 0.25) is 0 Å². The van der Waals surface area contributed by atoms with Gasteiger partial charge >= 0.3 is 0 Å². The topological polar surface area (TPSA) is 15.7 Å². The number of nitrogens with zero attached hydrogens (tertiary/aromatic N) is 2. The predicted octanol–water partition coefficient (Wildman–Crippen LogP) is 5.15. The number of hydrogen-bond acceptors (Lipinski definition) is 3. The second-order valence-electron chi connectivity index (χ2n) is 7.54. The predicted molar refractivity (Wildman–Crippen MR) is 117 cm³/mol. The maximum absolute atomic E-state index is 5.93. The van der Waals surface area contributed by atoms with Gasteiger partial charge in [-0.15, -0.1) is 0 Å². The summed E-state index contributed by atoms with van der Waals surface area (Å²) in [6, 6.07) is 18.0. The molecule has 27 heavy (non-hydrogen) atoms. The molecule has 0 aromatic heterocycles. The fourth-order valence-corrected chi connectivity index (χ4v) is 4.57. The van der Waals surface area contributed by atoms with Crippen LogP contribution in [0.3, 0.4) is 0 Å². The molecule has 2 aromatic carbocycles. The van der Waals surface area contributed by atoms with Crippen LogP contribution >= 0.6 is 15.9 Å². The smallest absolute Gasteiger partial charge is 0.127 e. The first kappa shape index (κ1) is 18.6. The minimum atomic E-state index is 0.635. The molecule has 2 heterocycles. The zero-order chi connectivity index (χ0) is 18.8. The Bertz CT molecular complexity index is 821. The number of piperazine rings is 1. The molecule has 0 spiro atoms. The van der Waals surface area contributed by atoms with Crippen molar-refractivity contribution in [2.24, 2.45) is 0 Å². The number of para-hydroxylation sites is 1. The third-order valence-corrected chi connectivity index (χ3v) is 6.37. The van der Waals surface area contributed by atoms with E-state index in [0.29, 0.717) is 12.6 Å². The van der Waals surface area contributed by atoms with Crippen molar-refractivity contribution in [3.05, 3.63) is 64.1 Å². The van der Waals surface area contributed by atoms with Gasteiger partial charge in [-0.25, -0.2) is 0 Å². The summed E-state index contributed by atoms with van der Waals surface area (Å²) >= 11 is 3.81. The molecule has 0 unspecified atom stereocenters. The van der Waals surface area contributed by atoms with E-state index in [4.69, 9.17) is 4.74 Å². The van der Waals surface area contributed by atoms with Gasteiger partial charge in [-0.2, -0.15) is 0 Å². The lowest BCUT2D eigenvalue weighted by Crippen LogP contribution is -2.48. The van der Waals surface area contributed by atoms with E-state index < -0.39 is 0 Å². The van der Waals surface area contributed by atoms with E-state index in [9.17, 15) is 0 Å². The monoisotopic (exact) mass is 426 g/mol. The quantitative estimate of drug-likeness (QED) is 0.674. The summed E-state index contributed by atoms with van der Waals surface area (Å²) in [6.45, 7) is 9.75. The minimum Gasteiger partial charge on any atom is -0.493 e. The lowest BCUT2D eigenvalue weighted by Gasteiger charge is -2.38. The van der Waals surface area contributed by atoms with Crippen LogP contribution in [0, 0.1) is 0 Å². The van der Waals surface area contributed by atoms with Crippen molar-refractivity contribution in [1.82, 2.24) is 4.90 Å². The van der Waals surface area contributed by atoms with E-state index in [1.165, 1.54) is 26.9 Å². The highest BCUT2D eigenvalue weighted by atomic mass is 79.9. The SMILES string of the molecule is CC(C)N1CCN(c2ccc(C3=C(Br)CCOc4ccccc43)cc2)CC1. The summed E-state index contributed by atoms with van der Waals surface area (Å²) in [4.78, 5) is 5.05. The van der Waals surface area contributed by atoms with E-state index in [1.807, 2.05) is 6.07 Å². The Labute approximate surface area is 170 Å². The largest absolute Gasteiger partial charge is 0.493 e. The lowest BCUT2D eigenvalue weighted by molar-refractivity contribution is 0.209. The third-order valence-electron chi connectivity index (χ3n) is 5.57. The highest BCUT2D eigenvalue weighted by Crippen LogP contribution is 2.39. The molecule has 4 heteroatoms. The molecule has 0 radical (unpaired) electrons. The summed E-state index contributed by atoms with van der Waals surface area (Å²) in [6.07, 6.45) is 0.892. The second-order valence-corrected chi connectivity index (χ2v) is 8.50. The molecule has 2 aromatic rings. The van der Waals surface area contributed by atoms with Gasteiger partial charge in [0.15, 0.2) is 0 Å². The standard InChI is InChI=1S/C23H27BrN2O/c1-17(2)25-12-14-26(15-13-25)19-9-7-18(8-10-19)23-20-5-3-4-6-22(20)27-16-11-21(23)24/h3-10,17H,11-16H2,1-2H3. The molecule has 2 aliphatic rings. The zero-order valence-electron chi connectivity index (χ0n) is 16.1. The van der Waals surface area contributed by atoms with Crippen molar-refractivity contribution in [2.45, 2.75) is 26.3 Å². The molecule has 4 rings (SSSR count). The van der Waals surface area contributed by atoms with Crippen LogP contribution in [-0.4, -0.2) is 43.7 Å². The highest BCUT2D eigenvalue weighted by Gasteiger charge is 2.21. The van der Waals surface area contributed by atoms with E-state index in [0.717, 1.165) is 38.3 Å². The van der Waals surface area contributed by atoms with E-state index in [2.05, 4.69) is 82.0 Å². The van der Waals surface area contributed by atoms with Gasteiger partial charge in [0.2, 0.25) is 0 Å². The van der Waals surface area contributed by atoms with E-state index >= 15 is 0 Å². The molecule has 0 bridgehead atoms. The Hall–Kier alpha value is -1.78. The molecule has 0 atom stereocenters. The molecular formula is C23H27BrN2O. The summed E-state index contributed by atoms with van der Waals surface area (Å²) in [5.74, 6) is 0.968. The Morgan fingerprint density at radius 3 is 2.33 bits per heavy atom. The first-order chi connectivity index (χ1) is 13.1. The number of benzene rings is 2. The summed E-state index contributed by atoms with van der Waals surface area (Å²) in [5, 5.41) is 0. The van der Waals surface area contributed by atoms with Crippen LogP contribution in [-0.2, 0) is 0 Å². The number of hydrogen-bond donors (Lipinski definition) is 0. The van der Waals surface area contributed by atoms with Gasteiger partial charge in [0.05, 0.1) is 6.61 Å². The third kappa shape index (κ3) is 3.92. The molecule has 0 amide bonds. The first-order valence-corrected chi connectivity index (χ1v) is 10.6. The second kappa shape index (κ2) is 8.07. The molecule has 1 fully saturated rings. The van der Waals surface area contributed by atoms with Crippen LogP contribution in [0.4, 0.5) is 5.69 Å². The maximum Gasteiger partial charge on any atom is 0.127 e. The van der Waals surface area contributed by atoms with Gasteiger partial charge < -0.3 is 9.64 Å². The lowest BCUT2D eigenvalue weighted by atomic mass is 9.96. The number of ether oxygens (including phenoxy) is 1. The van der Waals surface area contributed by atoms with Crippen molar-refractivity contribution < 1.29 is 4.74 Å². The van der Waals surface area contributed by atoms with Crippen LogP contribution in [0.25, 0.3) is 5.57 Å². The van der Waals surface area contributed by atoms with Crippen LogP contribution in [0.15, 0.2) is 53.0 Å². The van der Waals surface area contributed by atoms with Gasteiger partial charge in [-0.1, -0.05) is 46.3 Å². The van der Waals surface area contributed by atoms with E-state index in [1.54, 1.807) is 0 Å². The summed E-state index contributed by atoms with van der Waals surface area (Å²) in [7, 11) is 0. The Morgan fingerprint density at radius 1 is 0.926 bits per heavy atom. The molecule has 0 saturated carbocycles. The van der Waals surface area contributed by atoms with Crippen LogP contribution in [0.1, 0.15) is 31.4 Å². The fourth-order valence-electron chi connectivity index (χ4n) is 3.97. The number of fused-ring (bicyclic) bond motifs is 1. The average molecular weight is 427 g/mol. The van der Waals surface area contributed by atoms with Crippen molar-refractivity contribution >= 4 is 27.2 Å². The fraction of sp³-hybridized carbons (Fsp3) is 0.391. The van der Waals surface area contributed by atoms with Gasteiger partial charge in [-0.05, 0) is 37.6 Å². The van der Waals surface area contributed by atoms with Gasteiger partial charge in [0, 0.05) is 59.9 Å². The maximum atomic E-state index is 5.93. The number of anilines is 1. The van der Waals surface area contributed by atoms with Crippen molar-refractivity contribution in [1.29, 1.82) is 0 Å². The Morgan fingerprint density at radius 2 is 1.63 bits per heavy atom. The molecular weight excluding hydrogens is 400 g/mol. The van der Waals surface area contributed by atoms with Crippen LogP contribution < -0.4 is 9.64 Å². The van der Waals surface area contributed by atoms with Gasteiger partial charge in [0.25, 0.3) is 0 Å². The number of rotatable bonds is 3. The molecule has 1 saturated heterocycles. The molecule has 3 nitrogen and oxygen atoms in total. The van der Waals surface area contributed by atoms with Gasteiger partial charge in [0.1, 0.15) is 5.75 Å². The van der Waals surface area contributed by atoms with Crippen LogP contribution in [0.5, 0.6) is 5.75 Å². The summed E-state index contributed by atoms with van der Waals surface area (Å²) < 4.78 is 7.15. The first-order valence-electron chi connectivity index (χ1n) is 9.84. The molecule has 2 aliphatic heterocycles. The van der Waals surface area contributed by atoms with Crippen molar-refractivity contribution in [3.8, 4) is 5.75 Å². The van der Waals surface area contributed by atoms with Crippen molar-refractivity contribution in [3.63, 3.8) is 0 Å². The molecule has 142 valence electrons. The minimum absolute atomic E-state index is 0.635. The Balaban J connectivity index is 1.58. The average Bonchev–Trinajstić information content (AvgIpc) is 2.86. The zero-order valence-corrected chi connectivity index (χ0v) is 17.7. The Kier molecular flexibility index (Phi) is 5.55. The highest BCUT2D eigenvalue weighted by molar-refractivity contribution is 9.11. The number of halogens is 1.